The number of rotatable bonds is 10. The van der Waals surface area contributed by atoms with Crippen LogP contribution in [0.15, 0.2) is 66.7 Å². The number of benzene rings is 1. The molecule has 0 bridgehead atoms. The van der Waals surface area contributed by atoms with Crippen LogP contribution in [0.3, 0.4) is 0 Å². The van der Waals surface area contributed by atoms with Gasteiger partial charge in [0, 0.05) is 24.1 Å². The molecule has 1 aromatic heterocycles. The molecule has 0 saturated heterocycles. The van der Waals surface area contributed by atoms with Crippen molar-refractivity contribution in [3.05, 3.63) is 89.2 Å². The van der Waals surface area contributed by atoms with Crippen LogP contribution in [0.4, 0.5) is 0 Å². The largest absolute Gasteiger partial charge is 0.306 e. The van der Waals surface area contributed by atoms with E-state index in [1.54, 1.807) is 12.4 Å². The van der Waals surface area contributed by atoms with Gasteiger partial charge in [0.25, 0.3) is 0 Å². The zero-order chi connectivity index (χ0) is 24.7. The van der Waals surface area contributed by atoms with E-state index in [1.807, 2.05) is 6.92 Å². The Morgan fingerprint density at radius 3 is 2.35 bits per heavy atom. The standard InChI is InChI=1S/C30H42N4/c1-8-25(9-2)30(29-24(7)31-18-19-32-29)33-34(21(3)4)23(6)20-22(5)26-14-16-28(17-15-26)27-12-10-11-13-27/h8,14-21,27,30,33H,6,9-13H2,1-5,7H3/b22-20+,25-8+. The maximum Gasteiger partial charge on any atom is 0.0911 e. The Balaban J connectivity index is 1.83. The molecule has 1 N–H and O–H groups in total. The number of allylic oxidation sites excluding steroid dienone is 3. The Labute approximate surface area is 206 Å². The molecule has 1 unspecified atom stereocenters. The maximum absolute atomic E-state index is 4.68. The quantitative estimate of drug-likeness (QED) is 0.225. The first kappa shape index (κ1) is 25.9. The summed E-state index contributed by atoms with van der Waals surface area (Å²) >= 11 is 0. The van der Waals surface area contributed by atoms with Gasteiger partial charge >= 0.3 is 0 Å². The van der Waals surface area contributed by atoms with Crippen molar-refractivity contribution in [1.29, 1.82) is 0 Å². The molecule has 1 aliphatic rings. The van der Waals surface area contributed by atoms with Gasteiger partial charge in [0.15, 0.2) is 0 Å². The zero-order valence-electron chi connectivity index (χ0n) is 21.9. The van der Waals surface area contributed by atoms with Gasteiger partial charge < -0.3 is 5.01 Å². The van der Waals surface area contributed by atoms with Crippen molar-refractivity contribution in [2.45, 2.75) is 91.6 Å². The Morgan fingerprint density at radius 2 is 1.79 bits per heavy atom. The predicted molar refractivity (Wildman–Crippen MR) is 144 cm³/mol. The lowest BCUT2D eigenvalue weighted by Crippen LogP contribution is -2.44. The summed E-state index contributed by atoms with van der Waals surface area (Å²) in [6, 6.07) is 9.33. The Bertz CT molecular complexity index is 1010. The van der Waals surface area contributed by atoms with Gasteiger partial charge in [-0.3, -0.25) is 9.97 Å². The monoisotopic (exact) mass is 458 g/mol. The fourth-order valence-electron chi connectivity index (χ4n) is 4.98. The van der Waals surface area contributed by atoms with Gasteiger partial charge in [-0.15, -0.1) is 0 Å². The van der Waals surface area contributed by atoms with Gasteiger partial charge in [-0.1, -0.05) is 62.3 Å². The van der Waals surface area contributed by atoms with Crippen LogP contribution >= 0.6 is 0 Å². The Morgan fingerprint density at radius 1 is 1.15 bits per heavy atom. The molecule has 0 aliphatic heterocycles. The van der Waals surface area contributed by atoms with Crippen molar-refractivity contribution in [1.82, 2.24) is 20.4 Å². The van der Waals surface area contributed by atoms with E-state index >= 15 is 0 Å². The van der Waals surface area contributed by atoms with Crippen LogP contribution in [0, 0.1) is 6.92 Å². The molecular formula is C30H42N4. The number of hydrogen-bond acceptors (Lipinski definition) is 4. The molecule has 2 aromatic rings. The average Bonchev–Trinajstić information content (AvgIpc) is 3.37. The molecule has 34 heavy (non-hydrogen) atoms. The summed E-state index contributed by atoms with van der Waals surface area (Å²) in [5.74, 6) is 0.745. The molecule has 0 spiro atoms. The first-order valence-corrected chi connectivity index (χ1v) is 12.8. The smallest absolute Gasteiger partial charge is 0.0911 e. The van der Waals surface area contributed by atoms with Crippen molar-refractivity contribution < 1.29 is 0 Å². The van der Waals surface area contributed by atoms with Gasteiger partial charge in [0.2, 0.25) is 0 Å². The van der Waals surface area contributed by atoms with Crippen LogP contribution in [-0.4, -0.2) is 21.0 Å². The van der Waals surface area contributed by atoms with Crippen LogP contribution in [0.25, 0.3) is 5.57 Å². The molecule has 1 atom stereocenters. The Hall–Kier alpha value is -2.72. The highest BCUT2D eigenvalue weighted by atomic mass is 15.5. The van der Waals surface area contributed by atoms with Crippen LogP contribution in [0.2, 0.25) is 0 Å². The number of nitrogens with one attached hydrogen (secondary N) is 1. The highest BCUT2D eigenvalue weighted by Gasteiger charge is 2.24. The van der Waals surface area contributed by atoms with Gasteiger partial charge in [0.1, 0.15) is 0 Å². The third-order valence-corrected chi connectivity index (χ3v) is 7.01. The lowest BCUT2D eigenvalue weighted by atomic mass is 9.95. The number of hydrogen-bond donors (Lipinski definition) is 1. The number of hydrazine groups is 1. The lowest BCUT2D eigenvalue weighted by molar-refractivity contribution is 0.180. The lowest BCUT2D eigenvalue weighted by Gasteiger charge is -2.35. The van der Waals surface area contributed by atoms with Crippen molar-refractivity contribution in [2.75, 3.05) is 0 Å². The third kappa shape index (κ3) is 6.24. The minimum absolute atomic E-state index is 0.0535. The molecule has 1 fully saturated rings. The molecule has 1 aliphatic carbocycles. The fraction of sp³-hybridized carbons (Fsp3) is 0.467. The molecule has 182 valence electrons. The summed E-state index contributed by atoms with van der Waals surface area (Å²) in [5, 5.41) is 2.16. The zero-order valence-corrected chi connectivity index (χ0v) is 21.9. The normalized spacial score (nSPS) is 16.2. The first-order valence-electron chi connectivity index (χ1n) is 12.8. The second kappa shape index (κ2) is 12.1. The second-order valence-corrected chi connectivity index (χ2v) is 9.69. The number of nitrogens with zero attached hydrogens (tertiary/aromatic N) is 3. The molecule has 1 saturated carbocycles. The van der Waals surface area contributed by atoms with Gasteiger partial charge in [0.05, 0.1) is 17.4 Å². The van der Waals surface area contributed by atoms with Crippen molar-refractivity contribution in [3.63, 3.8) is 0 Å². The van der Waals surface area contributed by atoms with Crippen LogP contribution in [0.5, 0.6) is 0 Å². The number of aryl methyl sites for hydroxylation is 1. The second-order valence-electron chi connectivity index (χ2n) is 9.69. The van der Waals surface area contributed by atoms with E-state index in [-0.39, 0.29) is 12.1 Å². The molecule has 4 heteroatoms. The minimum atomic E-state index is -0.0535. The van der Waals surface area contributed by atoms with E-state index in [1.165, 1.54) is 48.0 Å². The summed E-state index contributed by atoms with van der Waals surface area (Å²) in [4.78, 5) is 9.17. The maximum atomic E-state index is 4.68. The molecular weight excluding hydrogens is 416 g/mol. The fourth-order valence-corrected chi connectivity index (χ4v) is 4.98. The van der Waals surface area contributed by atoms with E-state index in [9.17, 15) is 0 Å². The van der Waals surface area contributed by atoms with Crippen molar-refractivity contribution in [2.24, 2.45) is 0 Å². The average molecular weight is 459 g/mol. The molecule has 3 rings (SSSR count). The molecule has 1 heterocycles. The van der Waals surface area contributed by atoms with Crippen molar-refractivity contribution in [3.8, 4) is 0 Å². The summed E-state index contributed by atoms with van der Waals surface area (Å²) < 4.78 is 0. The topological polar surface area (TPSA) is 41.0 Å². The van der Waals surface area contributed by atoms with Crippen LogP contribution < -0.4 is 5.43 Å². The van der Waals surface area contributed by atoms with E-state index in [2.05, 4.69) is 98.0 Å². The van der Waals surface area contributed by atoms with Gasteiger partial charge in [-0.25, -0.2) is 5.43 Å². The number of aromatic nitrogens is 2. The molecule has 0 radical (unpaired) electrons. The Kier molecular flexibility index (Phi) is 9.23. The summed E-state index contributed by atoms with van der Waals surface area (Å²) in [6.45, 7) is 17.3. The predicted octanol–water partition coefficient (Wildman–Crippen LogP) is 7.67. The molecule has 4 nitrogen and oxygen atoms in total. The van der Waals surface area contributed by atoms with Gasteiger partial charge in [-0.05, 0) is 82.6 Å². The highest BCUT2D eigenvalue weighted by molar-refractivity contribution is 5.66. The van der Waals surface area contributed by atoms with Crippen molar-refractivity contribution >= 4 is 5.57 Å². The summed E-state index contributed by atoms with van der Waals surface area (Å²) in [6.07, 6.45) is 14.2. The minimum Gasteiger partial charge on any atom is -0.306 e. The third-order valence-electron chi connectivity index (χ3n) is 7.01. The summed E-state index contributed by atoms with van der Waals surface area (Å²) in [7, 11) is 0. The summed E-state index contributed by atoms with van der Waals surface area (Å²) in [5.41, 5.74) is 11.8. The first-order chi connectivity index (χ1) is 16.3. The van der Waals surface area contributed by atoms with Crippen LogP contribution in [0.1, 0.15) is 101 Å². The SMILES string of the molecule is C=C(/C=C(\C)c1ccc(C2CCCC2)cc1)N(NC(/C(=C/C)CC)c1nccnc1C)C(C)C. The van der Waals surface area contributed by atoms with Gasteiger partial charge in [-0.2, -0.15) is 0 Å². The van der Waals surface area contributed by atoms with E-state index < -0.39 is 0 Å². The van der Waals surface area contributed by atoms with E-state index in [4.69, 9.17) is 0 Å². The molecule has 1 aromatic carbocycles. The van der Waals surface area contributed by atoms with E-state index in [0.717, 1.165) is 29.4 Å². The highest BCUT2D eigenvalue weighted by Crippen LogP contribution is 2.34. The van der Waals surface area contributed by atoms with Crippen LogP contribution in [-0.2, 0) is 0 Å². The molecule has 0 amide bonds. The van der Waals surface area contributed by atoms with E-state index in [0.29, 0.717) is 0 Å².